The van der Waals surface area contributed by atoms with E-state index in [1.54, 1.807) is 48.5 Å². The smallest absolute Gasteiger partial charge is 0.416 e. The van der Waals surface area contributed by atoms with E-state index in [9.17, 15) is 23.1 Å². The van der Waals surface area contributed by atoms with E-state index in [0.717, 1.165) is 37.5 Å². The zero-order valence-corrected chi connectivity index (χ0v) is 22.0. The van der Waals surface area contributed by atoms with E-state index in [4.69, 9.17) is 0 Å². The second kappa shape index (κ2) is 11.5. The molecule has 1 aliphatic heterocycles. The maximum absolute atomic E-state index is 14.0. The zero-order valence-electron chi connectivity index (χ0n) is 22.0. The lowest BCUT2D eigenvalue weighted by Crippen LogP contribution is -2.29. The van der Waals surface area contributed by atoms with E-state index >= 15 is 0 Å². The van der Waals surface area contributed by atoms with Crippen LogP contribution >= 0.6 is 0 Å². The summed E-state index contributed by atoms with van der Waals surface area (Å²) in [7, 11) is 2.01. The Morgan fingerprint density at radius 1 is 0.950 bits per heavy atom. The minimum Gasteiger partial charge on any atom is -0.508 e. The third-order valence-electron chi connectivity index (χ3n) is 6.95. The standard InChI is InChI=1S/C30H30F3N5O2/c1-37-12-3-13-38(15-14-37)19-22-7-6-21(17-26(22)30(31,32)33)29(40)35-24-5-2-4-23(18-24)34-28-11-8-20-16-25(39)9-10-27(20)36-28/h2,4-11,16-18,39H,3,12-15,19H2,1H3,(H,34,36)(H,35,40). The molecular weight excluding hydrogens is 519 g/mol. The average molecular weight is 550 g/mol. The maximum Gasteiger partial charge on any atom is 0.416 e. The number of nitrogens with zero attached hydrogens (tertiary/aromatic N) is 3. The molecule has 3 N–H and O–H groups in total. The van der Waals surface area contributed by atoms with Gasteiger partial charge in [0, 0.05) is 42.0 Å². The van der Waals surface area contributed by atoms with Crippen LogP contribution in [0.5, 0.6) is 5.75 Å². The van der Waals surface area contributed by atoms with Crippen molar-refractivity contribution in [2.45, 2.75) is 19.1 Å². The van der Waals surface area contributed by atoms with Crippen molar-refractivity contribution in [3.8, 4) is 5.75 Å². The van der Waals surface area contributed by atoms with Crippen molar-refractivity contribution in [2.24, 2.45) is 0 Å². The first-order valence-corrected chi connectivity index (χ1v) is 13.0. The van der Waals surface area contributed by atoms with E-state index in [2.05, 4.69) is 20.5 Å². The van der Waals surface area contributed by atoms with Crippen LogP contribution in [0.4, 0.5) is 30.4 Å². The number of amides is 1. The number of carbonyl (C=O) groups excluding carboxylic acids is 1. The van der Waals surface area contributed by atoms with Crippen LogP contribution in [0.2, 0.25) is 0 Å². The molecule has 4 aromatic rings. The largest absolute Gasteiger partial charge is 0.508 e. The molecule has 1 saturated heterocycles. The number of carbonyl (C=O) groups is 1. The summed E-state index contributed by atoms with van der Waals surface area (Å²) in [4.78, 5) is 21.7. The topological polar surface area (TPSA) is 80.7 Å². The SMILES string of the molecule is CN1CCCN(Cc2ccc(C(=O)Nc3cccc(Nc4ccc5cc(O)ccc5n4)c3)cc2C(F)(F)F)CC1. The number of hydrogen-bond acceptors (Lipinski definition) is 6. The highest BCUT2D eigenvalue weighted by molar-refractivity contribution is 6.04. The number of anilines is 3. The van der Waals surface area contributed by atoms with Crippen molar-refractivity contribution >= 4 is 34.0 Å². The molecule has 10 heteroatoms. The predicted octanol–water partition coefficient (Wildman–Crippen LogP) is 6.09. The Labute approximate surface area is 230 Å². The highest BCUT2D eigenvalue weighted by Gasteiger charge is 2.34. The van der Waals surface area contributed by atoms with E-state index in [1.165, 1.54) is 12.1 Å². The molecule has 2 heterocycles. The summed E-state index contributed by atoms with van der Waals surface area (Å²) >= 11 is 0. The lowest BCUT2D eigenvalue weighted by Gasteiger charge is -2.23. The maximum atomic E-state index is 14.0. The Morgan fingerprint density at radius 3 is 2.60 bits per heavy atom. The van der Waals surface area contributed by atoms with Crippen LogP contribution in [-0.4, -0.2) is 59.0 Å². The molecule has 0 spiro atoms. The number of alkyl halides is 3. The van der Waals surface area contributed by atoms with Gasteiger partial charge < -0.3 is 20.6 Å². The quantitative estimate of drug-likeness (QED) is 0.270. The predicted molar refractivity (Wildman–Crippen MR) is 150 cm³/mol. The van der Waals surface area contributed by atoms with Gasteiger partial charge in [0.2, 0.25) is 0 Å². The van der Waals surface area contributed by atoms with Crippen LogP contribution in [0.3, 0.4) is 0 Å². The molecule has 3 aromatic carbocycles. The molecule has 1 aliphatic rings. The van der Waals surface area contributed by atoms with E-state index in [1.807, 2.05) is 18.0 Å². The number of hydrogen-bond donors (Lipinski definition) is 3. The fourth-order valence-electron chi connectivity index (χ4n) is 4.83. The molecule has 0 radical (unpaired) electrons. The first-order chi connectivity index (χ1) is 19.1. The number of aromatic nitrogens is 1. The second-order valence-electron chi connectivity index (χ2n) is 10.0. The summed E-state index contributed by atoms with van der Waals surface area (Å²) in [5, 5.41) is 16.3. The Balaban J connectivity index is 1.30. The molecular formula is C30H30F3N5O2. The number of nitrogens with one attached hydrogen (secondary N) is 2. The van der Waals surface area contributed by atoms with Crippen molar-refractivity contribution in [1.29, 1.82) is 0 Å². The number of halogens is 3. The Bertz CT molecular complexity index is 1530. The van der Waals surface area contributed by atoms with E-state index in [0.29, 0.717) is 29.3 Å². The van der Waals surface area contributed by atoms with Gasteiger partial charge in [0.1, 0.15) is 11.6 Å². The molecule has 0 aliphatic carbocycles. The van der Waals surface area contributed by atoms with Gasteiger partial charge in [0.05, 0.1) is 11.1 Å². The Hall–Kier alpha value is -4.15. The van der Waals surface area contributed by atoms with Gasteiger partial charge in [-0.05, 0) is 92.8 Å². The number of benzene rings is 3. The van der Waals surface area contributed by atoms with Crippen LogP contribution in [0.25, 0.3) is 10.9 Å². The van der Waals surface area contributed by atoms with Gasteiger partial charge in [-0.25, -0.2) is 4.98 Å². The minimum atomic E-state index is -4.58. The first-order valence-electron chi connectivity index (χ1n) is 13.0. The zero-order chi connectivity index (χ0) is 28.3. The molecule has 1 amide bonds. The van der Waals surface area contributed by atoms with Crippen molar-refractivity contribution in [2.75, 3.05) is 43.9 Å². The molecule has 208 valence electrons. The highest BCUT2D eigenvalue weighted by Crippen LogP contribution is 2.34. The van der Waals surface area contributed by atoms with Crippen molar-refractivity contribution < 1.29 is 23.1 Å². The number of fused-ring (bicyclic) bond motifs is 1. The number of phenolic OH excluding ortho intramolecular Hbond substituents is 1. The van der Waals surface area contributed by atoms with Crippen molar-refractivity contribution in [3.63, 3.8) is 0 Å². The minimum absolute atomic E-state index is 0.0653. The van der Waals surface area contributed by atoms with Gasteiger partial charge in [0.15, 0.2) is 0 Å². The normalized spacial score (nSPS) is 15.1. The van der Waals surface area contributed by atoms with Crippen LogP contribution in [-0.2, 0) is 12.7 Å². The summed E-state index contributed by atoms with van der Waals surface area (Å²) < 4.78 is 42.0. The second-order valence-corrected chi connectivity index (χ2v) is 10.0. The van der Waals surface area contributed by atoms with Gasteiger partial charge in [-0.2, -0.15) is 13.2 Å². The fourth-order valence-corrected chi connectivity index (χ4v) is 4.83. The van der Waals surface area contributed by atoms with Gasteiger partial charge in [-0.15, -0.1) is 0 Å². The molecule has 0 bridgehead atoms. The number of phenols is 1. The fraction of sp³-hybridized carbons (Fsp3) is 0.267. The van der Waals surface area contributed by atoms with Crippen LogP contribution in [0.1, 0.15) is 27.9 Å². The third kappa shape index (κ3) is 6.70. The van der Waals surface area contributed by atoms with Gasteiger partial charge in [-0.1, -0.05) is 12.1 Å². The van der Waals surface area contributed by atoms with Gasteiger partial charge in [-0.3, -0.25) is 9.69 Å². The number of aromatic hydroxyl groups is 1. The van der Waals surface area contributed by atoms with Crippen molar-refractivity contribution in [1.82, 2.24) is 14.8 Å². The third-order valence-corrected chi connectivity index (χ3v) is 6.95. The van der Waals surface area contributed by atoms with Gasteiger partial charge in [0.25, 0.3) is 5.91 Å². The molecule has 7 nitrogen and oxygen atoms in total. The lowest BCUT2D eigenvalue weighted by atomic mass is 10.0. The molecule has 0 saturated carbocycles. The summed E-state index contributed by atoms with van der Waals surface area (Å²) in [6, 6.07) is 19.1. The number of rotatable bonds is 6. The first kappa shape index (κ1) is 27.4. The summed E-state index contributed by atoms with van der Waals surface area (Å²) in [5.74, 6) is 0.0817. The monoisotopic (exact) mass is 549 g/mol. The van der Waals surface area contributed by atoms with Gasteiger partial charge >= 0.3 is 6.18 Å². The molecule has 1 aromatic heterocycles. The molecule has 0 atom stereocenters. The average Bonchev–Trinajstić information content (AvgIpc) is 3.12. The summed E-state index contributed by atoms with van der Waals surface area (Å²) in [5.41, 5.74) is 1.07. The molecule has 40 heavy (non-hydrogen) atoms. The van der Waals surface area contributed by atoms with Crippen LogP contribution in [0, 0.1) is 0 Å². The number of pyridine rings is 1. The lowest BCUT2D eigenvalue weighted by molar-refractivity contribution is -0.138. The van der Waals surface area contributed by atoms with E-state index in [-0.39, 0.29) is 23.4 Å². The van der Waals surface area contributed by atoms with E-state index < -0.39 is 17.6 Å². The van der Waals surface area contributed by atoms with Crippen LogP contribution < -0.4 is 10.6 Å². The molecule has 1 fully saturated rings. The Kier molecular flexibility index (Phi) is 7.90. The van der Waals surface area contributed by atoms with Crippen molar-refractivity contribution in [3.05, 3.63) is 89.5 Å². The van der Waals surface area contributed by atoms with Crippen LogP contribution in [0.15, 0.2) is 72.8 Å². The summed E-state index contributed by atoms with van der Waals surface area (Å²) in [6.45, 7) is 3.33. The molecule has 0 unspecified atom stereocenters. The number of likely N-dealkylation sites (N-methyl/N-ethyl adjacent to an activating group) is 1. The Morgan fingerprint density at radius 2 is 1.77 bits per heavy atom. The summed E-state index contributed by atoms with van der Waals surface area (Å²) in [6.07, 6.45) is -3.68. The molecule has 5 rings (SSSR count). The highest BCUT2D eigenvalue weighted by atomic mass is 19.4.